The van der Waals surface area contributed by atoms with Gasteiger partial charge in [-0.2, -0.15) is 9.97 Å². The molecule has 0 aliphatic heterocycles. The topological polar surface area (TPSA) is 56.7 Å². The van der Waals surface area contributed by atoms with Crippen molar-refractivity contribution in [3.8, 4) is 51.0 Å². The van der Waals surface area contributed by atoms with Gasteiger partial charge in [-0.1, -0.05) is 172 Å². The van der Waals surface area contributed by atoms with E-state index in [9.17, 15) is 0 Å². The summed E-state index contributed by atoms with van der Waals surface area (Å²) in [6.07, 6.45) is 0. The summed E-state index contributed by atoms with van der Waals surface area (Å²) in [6.45, 7) is 4.68. The van der Waals surface area contributed by atoms with E-state index in [0.29, 0.717) is 17.6 Å². The van der Waals surface area contributed by atoms with E-state index in [-0.39, 0.29) is 5.41 Å². The minimum absolute atomic E-state index is 0.141. The van der Waals surface area contributed by atoms with E-state index in [1.165, 1.54) is 27.8 Å². The Labute approximate surface area is 351 Å². The van der Waals surface area contributed by atoms with Gasteiger partial charge in [0.2, 0.25) is 5.95 Å². The van der Waals surface area contributed by atoms with Crippen molar-refractivity contribution >= 4 is 65.3 Å². The smallest absolute Gasteiger partial charge is 0.238 e. The zero-order valence-corrected chi connectivity index (χ0v) is 33.5. The second-order valence-electron chi connectivity index (χ2n) is 16.8. The van der Waals surface area contributed by atoms with Crippen LogP contribution < -0.4 is 0 Å². The van der Waals surface area contributed by atoms with E-state index in [2.05, 4.69) is 182 Å². The van der Waals surface area contributed by atoms with E-state index in [1.807, 2.05) is 18.2 Å². The van der Waals surface area contributed by atoms with Gasteiger partial charge < -0.3 is 4.42 Å². The highest BCUT2D eigenvalue weighted by atomic mass is 16.3. The molecule has 13 rings (SSSR count). The molecular weight excluding hydrogens is 745 g/mol. The number of aromatic nitrogens is 4. The van der Waals surface area contributed by atoms with Gasteiger partial charge in [-0.25, -0.2) is 4.98 Å². The first-order valence-electron chi connectivity index (χ1n) is 20.9. The highest BCUT2D eigenvalue weighted by Gasteiger charge is 2.37. The number of nitrogens with zero attached hydrogens (tertiary/aromatic N) is 4. The molecule has 1 aliphatic carbocycles. The summed E-state index contributed by atoms with van der Waals surface area (Å²) in [5.41, 5.74) is 12.9. The Hall–Kier alpha value is -7.89. The highest BCUT2D eigenvalue weighted by Crippen LogP contribution is 2.53. The fraction of sp³-hybridized carbons (Fsp3) is 0.0536. The number of hydrogen-bond donors (Lipinski definition) is 0. The molecule has 0 fully saturated rings. The monoisotopic (exact) mass is 780 g/mol. The third-order valence-electron chi connectivity index (χ3n) is 13.0. The van der Waals surface area contributed by atoms with E-state index < -0.39 is 0 Å². The lowest BCUT2D eigenvalue weighted by Crippen LogP contribution is -2.14. The normalized spacial score (nSPS) is 13.2. The van der Waals surface area contributed by atoms with Crippen molar-refractivity contribution in [2.45, 2.75) is 19.3 Å². The SMILES string of the molecule is CC1(C)c2ccccc2-c2c(-c3cccc4c5ccc6ccccc6c5n(-c5nc(-c6ccc7ccccc7c6)nc(-c6ccc7c(c6)oc6ccccc67)n5)c34)cccc21. The molecule has 0 N–H and O–H groups in total. The van der Waals surface area contributed by atoms with Crippen molar-refractivity contribution in [2.75, 3.05) is 0 Å². The molecule has 61 heavy (non-hydrogen) atoms. The molecule has 5 nitrogen and oxygen atoms in total. The summed E-state index contributed by atoms with van der Waals surface area (Å²) >= 11 is 0. The van der Waals surface area contributed by atoms with Gasteiger partial charge in [0.05, 0.1) is 11.0 Å². The Morgan fingerprint density at radius 3 is 1.89 bits per heavy atom. The zero-order valence-electron chi connectivity index (χ0n) is 33.5. The van der Waals surface area contributed by atoms with Crippen molar-refractivity contribution in [3.05, 3.63) is 193 Å². The van der Waals surface area contributed by atoms with Crippen molar-refractivity contribution < 1.29 is 4.42 Å². The summed E-state index contributed by atoms with van der Waals surface area (Å²) in [5, 5.41) is 8.98. The molecule has 0 unspecified atom stereocenters. The van der Waals surface area contributed by atoms with E-state index in [4.69, 9.17) is 19.4 Å². The van der Waals surface area contributed by atoms with Crippen LogP contribution >= 0.6 is 0 Å². The summed E-state index contributed by atoms with van der Waals surface area (Å²) in [7, 11) is 0. The molecule has 3 aromatic heterocycles. The van der Waals surface area contributed by atoms with Gasteiger partial charge in [0, 0.05) is 49.0 Å². The third kappa shape index (κ3) is 4.92. The second kappa shape index (κ2) is 12.6. The van der Waals surface area contributed by atoms with Crippen LogP contribution in [0.4, 0.5) is 0 Å². The highest BCUT2D eigenvalue weighted by molar-refractivity contribution is 6.21. The Kier molecular flexibility index (Phi) is 7.00. The van der Waals surface area contributed by atoms with E-state index in [1.54, 1.807) is 0 Å². The Morgan fingerprint density at radius 2 is 1.00 bits per heavy atom. The first kappa shape index (κ1) is 34.0. The van der Waals surface area contributed by atoms with Crippen LogP contribution in [0.2, 0.25) is 0 Å². The lowest BCUT2D eigenvalue weighted by atomic mass is 9.82. The largest absolute Gasteiger partial charge is 0.456 e. The number of fused-ring (bicyclic) bond motifs is 12. The van der Waals surface area contributed by atoms with Crippen molar-refractivity contribution in [1.29, 1.82) is 0 Å². The van der Waals surface area contributed by atoms with Crippen LogP contribution in [0.1, 0.15) is 25.0 Å². The van der Waals surface area contributed by atoms with Crippen LogP contribution in [0.5, 0.6) is 0 Å². The number of rotatable bonds is 4. The number of benzene rings is 9. The molecular formula is C56H36N4O. The number of para-hydroxylation sites is 2. The predicted octanol–water partition coefficient (Wildman–Crippen LogP) is 14.5. The average molecular weight is 781 g/mol. The molecule has 3 heterocycles. The molecule has 0 saturated carbocycles. The molecule has 286 valence electrons. The van der Waals surface area contributed by atoms with E-state index >= 15 is 0 Å². The maximum atomic E-state index is 6.41. The van der Waals surface area contributed by atoms with Gasteiger partial charge >= 0.3 is 0 Å². The van der Waals surface area contributed by atoms with Crippen LogP contribution in [0, 0.1) is 0 Å². The minimum atomic E-state index is -0.141. The van der Waals surface area contributed by atoms with Gasteiger partial charge in [-0.3, -0.25) is 4.57 Å². The van der Waals surface area contributed by atoms with Crippen LogP contribution in [-0.2, 0) is 5.41 Å². The molecule has 0 saturated heterocycles. The zero-order chi connectivity index (χ0) is 40.4. The maximum Gasteiger partial charge on any atom is 0.238 e. The van der Waals surface area contributed by atoms with Gasteiger partial charge in [0.25, 0.3) is 0 Å². The van der Waals surface area contributed by atoms with Gasteiger partial charge in [-0.05, 0) is 68.2 Å². The maximum absolute atomic E-state index is 6.41. The molecule has 9 aromatic carbocycles. The van der Waals surface area contributed by atoms with Crippen LogP contribution in [0.15, 0.2) is 186 Å². The van der Waals surface area contributed by atoms with Crippen LogP contribution in [0.3, 0.4) is 0 Å². The first-order chi connectivity index (χ1) is 30.0. The summed E-state index contributed by atoms with van der Waals surface area (Å²) in [6, 6.07) is 64.8. The van der Waals surface area contributed by atoms with Crippen LogP contribution in [-0.4, -0.2) is 19.5 Å². The standard InChI is InChI=1S/C56H36N4O/c1-56(2)46-22-9-7-18-45(46)50-41(19-12-23-47(50)56)42-20-11-21-43-44-30-27-34-14-5-6-16-38(34)51(44)60(52(42)43)55-58-53(36-26-25-33-13-3-4-15-35(33)31-36)57-54(59-55)37-28-29-40-39-17-8-10-24-48(39)61-49(40)32-37/h3-32H,1-2H3. The number of furan rings is 1. The second-order valence-corrected chi connectivity index (χ2v) is 16.8. The first-order valence-corrected chi connectivity index (χ1v) is 20.9. The molecule has 12 aromatic rings. The average Bonchev–Trinajstić information content (AvgIpc) is 3.94. The van der Waals surface area contributed by atoms with Gasteiger partial charge in [-0.15, -0.1) is 0 Å². The minimum Gasteiger partial charge on any atom is -0.456 e. The van der Waals surface area contributed by atoms with E-state index in [0.717, 1.165) is 82.0 Å². The van der Waals surface area contributed by atoms with Gasteiger partial charge in [0.15, 0.2) is 11.6 Å². The molecule has 1 aliphatic rings. The Morgan fingerprint density at radius 1 is 0.410 bits per heavy atom. The van der Waals surface area contributed by atoms with Crippen molar-refractivity contribution in [2.24, 2.45) is 0 Å². The lowest BCUT2D eigenvalue weighted by Gasteiger charge is -2.21. The predicted molar refractivity (Wildman–Crippen MR) is 250 cm³/mol. The molecule has 5 heteroatoms. The lowest BCUT2D eigenvalue weighted by molar-refractivity contribution is 0.660. The van der Waals surface area contributed by atoms with Gasteiger partial charge in [0.1, 0.15) is 11.2 Å². The van der Waals surface area contributed by atoms with Crippen molar-refractivity contribution in [3.63, 3.8) is 0 Å². The molecule has 0 radical (unpaired) electrons. The Bertz CT molecular complexity index is 3810. The molecule has 0 spiro atoms. The molecule has 0 amide bonds. The fourth-order valence-electron chi connectivity index (χ4n) is 10.1. The summed E-state index contributed by atoms with van der Waals surface area (Å²) in [4.78, 5) is 16.2. The van der Waals surface area contributed by atoms with Crippen molar-refractivity contribution in [1.82, 2.24) is 19.5 Å². The van der Waals surface area contributed by atoms with Crippen LogP contribution in [0.25, 0.3) is 116 Å². The quantitative estimate of drug-likeness (QED) is 0.178. The number of hydrogen-bond acceptors (Lipinski definition) is 4. The fourth-order valence-corrected chi connectivity index (χ4v) is 10.1. The molecule has 0 bridgehead atoms. The molecule has 0 atom stereocenters. The summed E-state index contributed by atoms with van der Waals surface area (Å²) < 4.78 is 8.72. The Balaban J connectivity index is 1.15. The summed E-state index contributed by atoms with van der Waals surface area (Å²) in [5.74, 6) is 1.72. The third-order valence-corrected chi connectivity index (χ3v) is 13.0.